The summed E-state index contributed by atoms with van der Waals surface area (Å²) in [7, 11) is 3.95. The van der Waals surface area contributed by atoms with E-state index in [0.717, 1.165) is 35.3 Å². The smallest absolute Gasteiger partial charge is 0.256 e. The molecular formula is C28H30ClN3O2. The lowest BCUT2D eigenvalue weighted by Crippen LogP contribution is -2.34. The number of hydrogen-bond acceptors (Lipinski definition) is 3. The molecule has 0 bridgehead atoms. The van der Waals surface area contributed by atoms with E-state index < -0.39 is 0 Å². The summed E-state index contributed by atoms with van der Waals surface area (Å²) in [6.07, 6.45) is 1.90. The van der Waals surface area contributed by atoms with Gasteiger partial charge in [-0.2, -0.15) is 0 Å². The molecule has 1 fully saturated rings. The molecule has 34 heavy (non-hydrogen) atoms. The molecule has 4 rings (SSSR count). The molecule has 1 aliphatic rings. The van der Waals surface area contributed by atoms with Gasteiger partial charge in [0.25, 0.3) is 5.91 Å². The van der Waals surface area contributed by atoms with E-state index in [-0.39, 0.29) is 23.8 Å². The van der Waals surface area contributed by atoms with Crippen LogP contribution in [0.3, 0.4) is 0 Å². The number of hydrogen-bond donors (Lipinski definition) is 1. The SMILES string of the molecule is C[C@H](c1ccccc1)N(Cc1cc(NC(=O)C2CC2)ccc1N(C)C)C(=O)c1ccccc1Cl. The van der Waals surface area contributed by atoms with Gasteiger partial charge in [0.05, 0.1) is 16.6 Å². The predicted molar refractivity (Wildman–Crippen MR) is 138 cm³/mol. The maximum absolute atomic E-state index is 13.8. The van der Waals surface area contributed by atoms with Crippen molar-refractivity contribution < 1.29 is 9.59 Å². The highest BCUT2D eigenvalue weighted by atomic mass is 35.5. The third kappa shape index (κ3) is 5.42. The summed E-state index contributed by atoms with van der Waals surface area (Å²) in [5.74, 6) is 0.0395. The topological polar surface area (TPSA) is 52.7 Å². The number of benzene rings is 3. The first-order valence-corrected chi connectivity index (χ1v) is 11.9. The first-order valence-electron chi connectivity index (χ1n) is 11.6. The lowest BCUT2D eigenvalue weighted by atomic mass is 10.0. The van der Waals surface area contributed by atoms with E-state index >= 15 is 0 Å². The van der Waals surface area contributed by atoms with Crippen LogP contribution in [0.5, 0.6) is 0 Å². The van der Waals surface area contributed by atoms with Crippen molar-refractivity contribution in [2.45, 2.75) is 32.4 Å². The standard InChI is InChI=1S/C28H30ClN3O2/c1-19(20-9-5-4-6-10-20)32(28(34)24-11-7-8-12-25(24)29)18-22-17-23(15-16-26(22)31(2)3)30-27(33)21-13-14-21/h4-12,15-17,19,21H,13-14,18H2,1-3H3,(H,30,33)/t19-/m1/s1. The summed E-state index contributed by atoms with van der Waals surface area (Å²) in [4.78, 5) is 30.0. The Labute approximate surface area is 206 Å². The van der Waals surface area contributed by atoms with Crippen molar-refractivity contribution >= 4 is 34.8 Å². The number of amides is 2. The van der Waals surface area contributed by atoms with Crippen LogP contribution >= 0.6 is 11.6 Å². The average molecular weight is 476 g/mol. The monoisotopic (exact) mass is 475 g/mol. The van der Waals surface area contributed by atoms with Crippen molar-refractivity contribution in [3.05, 3.63) is 94.5 Å². The minimum Gasteiger partial charge on any atom is -0.377 e. The summed E-state index contributed by atoms with van der Waals surface area (Å²) >= 11 is 6.41. The zero-order chi connectivity index (χ0) is 24.2. The van der Waals surface area contributed by atoms with Gasteiger partial charge in [0.1, 0.15) is 0 Å². The molecule has 1 saturated carbocycles. The van der Waals surface area contributed by atoms with Crippen molar-refractivity contribution in [2.75, 3.05) is 24.3 Å². The second kappa shape index (κ2) is 10.3. The summed E-state index contributed by atoms with van der Waals surface area (Å²) in [6, 6.07) is 22.8. The Bertz CT molecular complexity index is 1180. The largest absolute Gasteiger partial charge is 0.377 e. The van der Waals surface area contributed by atoms with Gasteiger partial charge in [0, 0.05) is 37.9 Å². The summed E-state index contributed by atoms with van der Waals surface area (Å²) in [5, 5.41) is 3.46. The molecule has 0 saturated heterocycles. The highest BCUT2D eigenvalue weighted by molar-refractivity contribution is 6.33. The molecule has 5 nitrogen and oxygen atoms in total. The van der Waals surface area contributed by atoms with Gasteiger partial charge in [-0.15, -0.1) is 0 Å². The number of carbonyl (C=O) groups is 2. The van der Waals surface area contributed by atoms with E-state index in [1.54, 1.807) is 12.1 Å². The number of halogens is 1. The molecule has 3 aromatic rings. The third-order valence-corrected chi connectivity index (χ3v) is 6.56. The van der Waals surface area contributed by atoms with Crippen molar-refractivity contribution in [2.24, 2.45) is 5.92 Å². The van der Waals surface area contributed by atoms with E-state index in [4.69, 9.17) is 11.6 Å². The molecular weight excluding hydrogens is 446 g/mol. The van der Waals surface area contributed by atoms with Crippen LogP contribution in [0, 0.1) is 5.92 Å². The van der Waals surface area contributed by atoms with Crippen LogP contribution in [0.2, 0.25) is 5.02 Å². The van der Waals surface area contributed by atoms with Crippen molar-refractivity contribution in [3.63, 3.8) is 0 Å². The second-order valence-corrected chi connectivity index (χ2v) is 9.41. The van der Waals surface area contributed by atoms with E-state index in [9.17, 15) is 9.59 Å². The van der Waals surface area contributed by atoms with Crippen molar-refractivity contribution in [1.29, 1.82) is 0 Å². The third-order valence-electron chi connectivity index (χ3n) is 6.23. The number of nitrogens with zero attached hydrogens (tertiary/aromatic N) is 2. The van der Waals surface area contributed by atoms with E-state index in [1.807, 2.05) is 91.5 Å². The van der Waals surface area contributed by atoms with Crippen LogP contribution in [0.25, 0.3) is 0 Å². The Morgan fingerprint density at radius 1 is 1.00 bits per heavy atom. The van der Waals surface area contributed by atoms with Gasteiger partial charge >= 0.3 is 0 Å². The zero-order valence-corrected chi connectivity index (χ0v) is 20.5. The van der Waals surface area contributed by atoms with Crippen molar-refractivity contribution in [1.82, 2.24) is 4.90 Å². The fourth-order valence-corrected chi connectivity index (χ4v) is 4.30. The molecule has 0 spiro atoms. The lowest BCUT2D eigenvalue weighted by Gasteiger charge is -2.32. The second-order valence-electron chi connectivity index (χ2n) is 9.00. The molecule has 0 aliphatic heterocycles. The van der Waals surface area contributed by atoms with Gasteiger partial charge in [0.15, 0.2) is 0 Å². The fourth-order valence-electron chi connectivity index (χ4n) is 4.09. The Kier molecular flexibility index (Phi) is 7.23. The molecule has 6 heteroatoms. The molecule has 1 N–H and O–H groups in total. The van der Waals surface area contributed by atoms with E-state index in [0.29, 0.717) is 17.1 Å². The Hall–Kier alpha value is -3.31. The molecule has 3 aromatic carbocycles. The van der Waals surface area contributed by atoms with Crippen LogP contribution in [-0.4, -0.2) is 30.8 Å². The van der Waals surface area contributed by atoms with Crippen LogP contribution in [0.4, 0.5) is 11.4 Å². The zero-order valence-electron chi connectivity index (χ0n) is 19.8. The van der Waals surface area contributed by atoms with E-state index in [1.165, 1.54) is 0 Å². The maximum Gasteiger partial charge on any atom is 0.256 e. The first-order chi connectivity index (χ1) is 16.3. The summed E-state index contributed by atoms with van der Waals surface area (Å²) < 4.78 is 0. The molecule has 0 radical (unpaired) electrons. The highest BCUT2D eigenvalue weighted by Crippen LogP contribution is 2.33. The Balaban J connectivity index is 1.72. The van der Waals surface area contributed by atoms with Gasteiger partial charge < -0.3 is 15.1 Å². The van der Waals surface area contributed by atoms with Crippen LogP contribution in [0.1, 0.15) is 47.3 Å². The minimum atomic E-state index is -0.190. The van der Waals surface area contributed by atoms with Gasteiger partial charge in [-0.3, -0.25) is 9.59 Å². The summed E-state index contributed by atoms with van der Waals surface area (Å²) in [6.45, 7) is 2.39. The van der Waals surface area contributed by atoms with Gasteiger partial charge in [-0.25, -0.2) is 0 Å². The molecule has 0 unspecified atom stereocenters. The predicted octanol–water partition coefficient (Wildman–Crippen LogP) is 6.16. The van der Waals surface area contributed by atoms with Gasteiger partial charge in [0.2, 0.25) is 5.91 Å². The molecule has 1 atom stereocenters. The molecule has 176 valence electrons. The van der Waals surface area contributed by atoms with Gasteiger partial charge in [-0.05, 0) is 61.2 Å². The lowest BCUT2D eigenvalue weighted by molar-refractivity contribution is -0.117. The highest BCUT2D eigenvalue weighted by Gasteiger charge is 2.30. The van der Waals surface area contributed by atoms with Crippen molar-refractivity contribution in [3.8, 4) is 0 Å². The van der Waals surface area contributed by atoms with Crippen LogP contribution in [0.15, 0.2) is 72.8 Å². The number of carbonyl (C=O) groups excluding carboxylic acids is 2. The molecule has 0 aromatic heterocycles. The van der Waals surface area contributed by atoms with Crippen LogP contribution in [-0.2, 0) is 11.3 Å². The Morgan fingerprint density at radius 3 is 2.32 bits per heavy atom. The number of rotatable bonds is 8. The molecule has 1 aliphatic carbocycles. The van der Waals surface area contributed by atoms with Gasteiger partial charge in [-0.1, -0.05) is 54.1 Å². The normalized spacial score (nSPS) is 13.8. The maximum atomic E-state index is 13.8. The number of anilines is 2. The first kappa shape index (κ1) is 23.8. The Morgan fingerprint density at radius 2 is 1.68 bits per heavy atom. The minimum absolute atomic E-state index is 0.0604. The van der Waals surface area contributed by atoms with E-state index in [2.05, 4.69) is 5.32 Å². The quantitative estimate of drug-likeness (QED) is 0.424. The average Bonchev–Trinajstić information content (AvgIpc) is 3.68. The van der Waals surface area contributed by atoms with Crippen LogP contribution < -0.4 is 10.2 Å². The molecule has 2 amide bonds. The fraction of sp³-hybridized carbons (Fsp3) is 0.286. The summed E-state index contributed by atoms with van der Waals surface area (Å²) in [5.41, 5.74) is 4.18. The number of nitrogens with one attached hydrogen (secondary N) is 1. The molecule has 0 heterocycles.